The minimum Gasteiger partial charge on any atom is -0.380 e. The van der Waals surface area contributed by atoms with Crippen molar-refractivity contribution in [2.75, 3.05) is 52.5 Å². The zero-order valence-electron chi connectivity index (χ0n) is 17.6. The van der Waals surface area contributed by atoms with Crippen molar-refractivity contribution in [1.82, 2.24) is 15.1 Å². The molecule has 0 atom stereocenters. The fraction of sp³-hybridized carbons (Fsp3) is 0.522. The Hall–Kier alpha value is -1.38. The van der Waals surface area contributed by atoms with E-state index in [-0.39, 0.29) is 29.4 Å². The van der Waals surface area contributed by atoms with Crippen molar-refractivity contribution in [3.05, 3.63) is 48.0 Å². The third kappa shape index (κ3) is 5.41. The first-order valence-corrected chi connectivity index (χ1v) is 10.5. The summed E-state index contributed by atoms with van der Waals surface area (Å²) in [6.45, 7) is 13.0. The minimum atomic E-state index is 0. The van der Waals surface area contributed by atoms with Crippen LogP contribution in [0.15, 0.2) is 47.5 Å². The Morgan fingerprint density at radius 3 is 2.48 bits per heavy atom. The second-order valence-electron chi connectivity index (χ2n) is 8.38. The van der Waals surface area contributed by atoms with Crippen molar-refractivity contribution in [3.63, 3.8) is 0 Å². The maximum absolute atomic E-state index is 5.37. The van der Waals surface area contributed by atoms with Gasteiger partial charge in [0.2, 0.25) is 0 Å². The Labute approximate surface area is 191 Å². The second kappa shape index (κ2) is 10.1. The lowest BCUT2D eigenvalue weighted by atomic mass is 9.89. The van der Waals surface area contributed by atoms with Crippen LogP contribution in [-0.4, -0.2) is 68.2 Å². The highest BCUT2D eigenvalue weighted by molar-refractivity contribution is 14.0. The predicted molar refractivity (Wildman–Crippen MR) is 131 cm³/mol. The first-order valence-electron chi connectivity index (χ1n) is 10.5. The van der Waals surface area contributed by atoms with E-state index in [4.69, 9.17) is 9.73 Å². The largest absolute Gasteiger partial charge is 0.380 e. The number of benzene rings is 2. The second-order valence-corrected chi connectivity index (χ2v) is 8.38. The smallest absolute Gasteiger partial charge is 0.194 e. The number of guanidine groups is 1. The fourth-order valence-corrected chi connectivity index (χ4v) is 4.02. The van der Waals surface area contributed by atoms with E-state index in [9.17, 15) is 0 Å². The quantitative estimate of drug-likeness (QED) is 0.381. The van der Waals surface area contributed by atoms with Crippen molar-refractivity contribution in [3.8, 4) is 0 Å². The molecule has 2 saturated heterocycles. The number of rotatable bonds is 5. The molecule has 158 valence electrons. The van der Waals surface area contributed by atoms with Crippen molar-refractivity contribution < 1.29 is 4.74 Å². The van der Waals surface area contributed by atoms with Gasteiger partial charge in [-0.1, -0.05) is 49.4 Å². The molecule has 29 heavy (non-hydrogen) atoms. The molecule has 0 radical (unpaired) electrons. The molecule has 2 aromatic carbocycles. The highest BCUT2D eigenvalue weighted by atomic mass is 127. The van der Waals surface area contributed by atoms with Crippen LogP contribution in [0.1, 0.15) is 19.4 Å². The Bertz CT molecular complexity index is 823. The van der Waals surface area contributed by atoms with Crippen LogP contribution < -0.4 is 5.32 Å². The van der Waals surface area contributed by atoms with Gasteiger partial charge in [0, 0.05) is 44.7 Å². The molecule has 6 heteroatoms. The molecule has 0 unspecified atom stereocenters. The van der Waals surface area contributed by atoms with E-state index in [0.29, 0.717) is 0 Å². The molecule has 0 spiro atoms. The van der Waals surface area contributed by atoms with Crippen molar-refractivity contribution in [2.24, 2.45) is 10.4 Å². The average molecular weight is 508 g/mol. The van der Waals surface area contributed by atoms with Gasteiger partial charge in [0.05, 0.1) is 19.8 Å². The van der Waals surface area contributed by atoms with Crippen LogP contribution in [0.4, 0.5) is 0 Å². The molecule has 2 aliphatic heterocycles. The number of hydrogen-bond donors (Lipinski definition) is 1. The van der Waals surface area contributed by atoms with Gasteiger partial charge in [-0.15, -0.1) is 24.0 Å². The van der Waals surface area contributed by atoms with E-state index in [2.05, 4.69) is 71.4 Å². The van der Waals surface area contributed by atoms with Gasteiger partial charge in [0.15, 0.2) is 5.96 Å². The van der Waals surface area contributed by atoms with Gasteiger partial charge in [0.1, 0.15) is 0 Å². The zero-order chi connectivity index (χ0) is 19.4. The molecule has 0 amide bonds. The van der Waals surface area contributed by atoms with Gasteiger partial charge in [-0.2, -0.15) is 0 Å². The normalized spacial score (nSPS) is 19.5. The number of aliphatic imine (C=N–C) groups is 1. The van der Waals surface area contributed by atoms with E-state index in [1.165, 1.54) is 16.3 Å². The Morgan fingerprint density at radius 1 is 1.07 bits per heavy atom. The molecule has 2 aromatic rings. The van der Waals surface area contributed by atoms with Gasteiger partial charge in [-0.3, -0.25) is 9.89 Å². The molecular formula is C23H33IN4O. The third-order valence-corrected chi connectivity index (χ3v) is 5.79. The molecule has 2 heterocycles. The number of halogens is 1. The van der Waals surface area contributed by atoms with Gasteiger partial charge in [-0.05, 0) is 23.3 Å². The summed E-state index contributed by atoms with van der Waals surface area (Å²) in [5.41, 5.74) is 1.64. The monoisotopic (exact) mass is 508 g/mol. The van der Waals surface area contributed by atoms with Crippen LogP contribution in [0, 0.1) is 5.41 Å². The SMILES string of the molecule is CCNC(=NCC1(C)COC1)N1CCN(Cc2cccc3ccccc23)CC1.I. The molecule has 0 saturated carbocycles. The molecule has 0 aliphatic carbocycles. The summed E-state index contributed by atoms with van der Waals surface area (Å²) < 4.78 is 5.37. The van der Waals surface area contributed by atoms with Crippen LogP contribution in [0.25, 0.3) is 10.8 Å². The number of ether oxygens (including phenoxy) is 1. The summed E-state index contributed by atoms with van der Waals surface area (Å²) in [4.78, 5) is 9.88. The van der Waals surface area contributed by atoms with Crippen LogP contribution >= 0.6 is 24.0 Å². The number of nitrogens with one attached hydrogen (secondary N) is 1. The van der Waals surface area contributed by atoms with Crippen LogP contribution in [-0.2, 0) is 11.3 Å². The van der Waals surface area contributed by atoms with Gasteiger partial charge in [0.25, 0.3) is 0 Å². The first-order chi connectivity index (χ1) is 13.7. The Balaban J connectivity index is 0.00000240. The van der Waals surface area contributed by atoms with Gasteiger partial charge in [-0.25, -0.2) is 0 Å². The van der Waals surface area contributed by atoms with Gasteiger partial charge >= 0.3 is 0 Å². The average Bonchev–Trinajstić information content (AvgIpc) is 2.71. The highest BCUT2D eigenvalue weighted by Crippen LogP contribution is 2.26. The maximum atomic E-state index is 5.37. The predicted octanol–water partition coefficient (Wildman–Crippen LogP) is 3.58. The molecular weight excluding hydrogens is 475 g/mol. The lowest BCUT2D eigenvalue weighted by molar-refractivity contribution is -0.0946. The van der Waals surface area contributed by atoms with E-state index < -0.39 is 0 Å². The number of hydrogen-bond acceptors (Lipinski definition) is 3. The van der Waals surface area contributed by atoms with Crippen molar-refractivity contribution in [1.29, 1.82) is 0 Å². The van der Waals surface area contributed by atoms with Crippen LogP contribution in [0.2, 0.25) is 0 Å². The molecule has 2 fully saturated rings. The van der Waals surface area contributed by atoms with Crippen LogP contribution in [0.3, 0.4) is 0 Å². The summed E-state index contributed by atoms with van der Waals surface area (Å²) in [5.74, 6) is 1.06. The third-order valence-electron chi connectivity index (χ3n) is 5.79. The minimum absolute atomic E-state index is 0. The van der Waals surface area contributed by atoms with Gasteiger partial charge < -0.3 is 15.0 Å². The summed E-state index contributed by atoms with van der Waals surface area (Å²) in [6.07, 6.45) is 0. The number of piperazine rings is 1. The van der Waals surface area contributed by atoms with E-state index in [1.807, 2.05) is 0 Å². The zero-order valence-corrected chi connectivity index (χ0v) is 19.9. The maximum Gasteiger partial charge on any atom is 0.194 e. The molecule has 0 aromatic heterocycles. The summed E-state index contributed by atoms with van der Waals surface area (Å²) in [6, 6.07) is 15.3. The molecule has 5 nitrogen and oxygen atoms in total. The lowest BCUT2D eigenvalue weighted by Gasteiger charge is -2.39. The molecule has 0 bridgehead atoms. The molecule has 1 N–H and O–H groups in total. The highest BCUT2D eigenvalue weighted by Gasteiger charge is 2.33. The Kier molecular flexibility index (Phi) is 7.76. The number of nitrogens with zero attached hydrogens (tertiary/aromatic N) is 3. The van der Waals surface area contributed by atoms with E-state index in [1.54, 1.807) is 0 Å². The lowest BCUT2D eigenvalue weighted by Crippen LogP contribution is -2.52. The first kappa shape index (κ1) is 22.3. The topological polar surface area (TPSA) is 40.1 Å². The summed E-state index contributed by atoms with van der Waals surface area (Å²) in [7, 11) is 0. The van der Waals surface area contributed by atoms with E-state index in [0.717, 1.165) is 65.0 Å². The molecule has 2 aliphatic rings. The summed E-state index contributed by atoms with van der Waals surface area (Å²) in [5, 5.41) is 6.18. The van der Waals surface area contributed by atoms with Crippen molar-refractivity contribution >= 4 is 40.7 Å². The molecule has 4 rings (SSSR count). The Morgan fingerprint density at radius 2 is 1.79 bits per heavy atom. The fourth-order valence-electron chi connectivity index (χ4n) is 4.02. The van der Waals surface area contributed by atoms with Crippen LogP contribution in [0.5, 0.6) is 0 Å². The standard InChI is InChI=1S/C23H32N4O.HI/c1-3-24-22(25-16-23(2)17-28-18-23)27-13-11-26(12-14-27)15-20-9-6-8-19-7-4-5-10-21(19)20;/h4-10H,3,11-18H2,1-2H3,(H,24,25);1H. The van der Waals surface area contributed by atoms with E-state index >= 15 is 0 Å². The summed E-state index contributed by atoms with van der Waals surface area (Å²) >= 11 is 0. The van der Waals surface area contributed by atoms with Crippen molar-refractivity contribution in [2.45, 2.75) is 20.4 Å². The number of fused-ring (bicyclic) bond motifs is 1.